The van der Waals surface area contributed by atoms with Crippen LogP contribution in [0.2, 0.25) is 13.3 Å². The monoisotopic (exact) mass is 724 g/mol. The first-order valence-corrected chi connectivity index (χ1v) is 21.5. The Morgan fingerprint density at radius 3 is 1.61 bits per heavy atom. The van der Waals surface area contributed by atoms with Gasteiger partial charge in [0, 0.05) is 41.6 Å². The summed E-state index contributed by atoms with van der Waals surface area (Å²) < 4.78 is 17.0. The van der Waals surface area contributed by atoms with Gasteiger partial charge in [0.1, 0.15) is 0 Å². The Kier molecular flexibility index (Phi) is 16.9. The Bertz CT molecular complexity index is 886. The fourth-order valence-corrected chi connectivity index (χ4v) is 19.5. The van der Waals surface area contributed by atoms with E-state index in [1.165, 1.54) is 55.6 Å². The molecule has 0 aliphatic rings. The van der Waals surface area contributed by atoms with Gasteiger partial charge in [0.15, 0.2) is 9.73 Å². The van der Waals surface area contributed by atoms with Crippen LogP contribution in [0, 0.1) is 3.77 Å². The topological polar surface area (TPSA) is 181 Å². The number of halogens is 1. The molecule has 2 aromatic heterocycles. The van der Waals surface area contributed by atoms with E-state index in [0.717, 1.165) is 21.6 Å². The summed E-state index contributed by atoms with van der Waals surface area (Å²) in [5, 5.41) is 8.11. The average Bonchev–Trinajstić information content (AvgIpc) is 3.48. The van der Waals surface area contributed by atoms with E-state index in [1.54, 1.807) is 0 Å². The summed E-state index contributed by atoms with van der Waals surface area (Å²) in [5.41, 5.74) is 22.9. The molecular weight excluding hydrogens is 678 g/mol. The minimum atomic E-state index is -2.48. The zero-order valence-corrected chi connectivity index (χ0v) is 27.2. The van der Waals surface area contributed by atoms with E-state index in [4.69, 9.17) is 32.0 Å². The Labute approximate surface area is 233 Å². The molecule has 0 radical (unpaired) electrons. The van der Waals surface area contributed by atoms with Gasteiger partial charge in [0.05, 0.1) is 5.69 Å². The summed E-state index contributed by atoms with van der Waals surface area (Å²) in [6.45, 7) is 7.99. The van der Waals surface area contributed by atoms with Gasteiger partial charge >= 0.3 is 152 Å². The van der Waals surface area contributed by atoms with E-state index < -0.39 is 18.4 Å². The van der Waals surface area contributed by atoms with Crippen molar-refractivity contribution >= 4 is 56.7 Å². The second kappa shape index (κ2) is 18.7. The average molecular weight is 723 g/mol. The van der Waals surface area contributed by atoms with Gasteiger partial charge in [-0.15, -0.1) is 0 Å². The van der Waals surface area contributed by atoms with Crippen molar-refractivity contribution < 1.29 is 9.05 Å². The van der Waals surface area contributed by atoms with Gasteiger partial charge < -0.3 is 16.0 Å². The number of hydrogen-bond donors (Lipinski definition) is 4. The number of nitrogens with zero attached hydrogens (tertiary/aromatic N) is 4. The summed E-state index contributed by atoms with van der Waals surface area (Å²) in [6, 6.07) is 4.09. The van der Waals surface area contributed by atoms with Crippen molar-refractivity contribution in [2.75, 3.05) is 13.1 Å². The summed E-state index contributed by atoms with van der Waals surface area (Å²) in [7, 11) is 0. The summed E-state index contributed by atoms with van der Waals surface area (Å²) in [4.78, 5) is 7.86. The van der Waals surface area contributed by atoms with Crippen LogP contribution in [0.5, 0.6) is 0 Å². The van der Waals surface area contributed by atoms with Gasteiger partial charge in [-0.2, -0.15) is 0 Å². The van der Waals surface area contributed by atoms with Crippen molar-refractivity contribution in [1.82, 2.24) is 10.3 Å². The smallest absolute Gasteiger partial charge is 0.196 e. The number of rotatable bonds is 16. The molecule has 0 aromatic carbocycles. The van der Waals surface area contributed by atoms with E-state index in [1.807, 2.05) is 6.07 Å². The third kappa shape index (κ3) is 13.2. The van der Waals surface area contributed by atoms with Crippen LogP contribution in [0.1, 0.15) is 70.7 Å². The maximum atomic E-state index is 5.91. The van der Waals surface area contributed by atoms with E-state index in [2.05, 4.69) is 69.7 Å². The van der Waals surface area contributed by atoms with Gasteiger partial charge in [0.2, 0.25) is 0 Å². The summed E-state index contributed by atoms with van der Waals surface area (Å²) >= 11 is -0.424. The molecule has 0 spiro atoms. The van der Waals surface area contributed by atoms with Gasteiger partial charge in [-0.3, -0.25) is 4.99 Å². The molecule has 2 heterocycles. The molecule has 0 fully saturated rings. The van der Waals surface area contributed by atoms with E-state index >= 15 is 0 Å². The maximum Gasteiger partial charge on any atom is 0.196 e. The molecule has 12 heteroatoms. The zero-order chi connectivity index (χ0) is 26.8. The molecular formula is C24H45IN8O2Sn. The van der Waals surface area contributed by atoms with Crippen LogP contribution < -0.4 is 26.7 Å². The first kappa shape index (κ1) is 32.5. The molecule has 0 saturated carbocycles. The molecule has 2 rings (SSSR count). The normalized spacial score (nSPS) is 11.0. The van der Waals surface area contributed by atoms with Gasteiger partial charge in [-0.1, -0.05) is 5.16 Å². The molecule has 0 atom stereocenters. The van der Waals surface area contributed by atoms with Gasteiger partial charge in [0.25, 0.3) is 0 Å². The standard InChI is InChI=1S/C6H9IN4O.C6H9N4O.3C4H9.Sn/c7-5-3-4(11-12-5)1-2-10-6(8)9;7-6(8)9-3-1-5-2-4-11-10-5;3*1-3-4-2;/h3H,1-2H2,(H4,8,9,10);2H,1,3H2,(H4,7,8,9);3*1,3-4H2,2H3;. The third-order valence-electron chi connectivity index (χ3n) is 5.96. The SMILES string of the molecule is CCC[CH2][Sn]([CH2]CCC)([CH2]CCC)[c]1cc(CCN=C(N)N)no1.NC(N)=NCCc1cc(I)on1. The van der Waals surface area contributed by atoms with Gasteiger partial charge in [-0.25, -0.2) is 0 Å². The zero-order valence-electron chi connectivity index (χ0n) is 22.1. The molecule has 2 aromatic rings. The van der Waals surface area contributed by atoms with Crippen molar-refractivity contribution in [3.63, 3.8) is 0 Å². The van der Waals surface area contributed by atoms with Crippen LogP contribution in [-0.2, 0) is 12.8 Å². The van der Waals surface area contributed by atoms with Crippen molar-refractivity contribution in [2.45, 2.75) is 85.4 Å². The first-order valence-electron chi connectivity index (χ1n) is 12.9. The van der Waals surface area contributed by atoms with Crippen LogP contribution in [-0.4, -0.2) is 53.7 Å². The molecule has 0 saturated heterocycles. The third-order valence-corrected chi connectivity index (χ3v) is 21.3. The van der Waals surface area contributed by atoms with Crippen molar-refractivity contribution in [1.29, 1.82) is 0 Å². The fraction of sp³-hybridized carbons (Fsp3) is 0.667. The Morgan fingerprint density at radius 1 is 0.778 bits per heavy atom. The molecule has 0 bridgehead atoms. The second-order valence-electron chi connectivity index (χ2n) is 9.01. The fourth-order valence-electron chi connectivity index (χ4n) is 3.97. The molecule has 10 nitrogen and oxygen atoms in total. The Morgan fingerprint density at radius 2 is 1.22 bits per heavy atom. The Balaban J connectivity index is 0.000000450. The van der Waals surface area contributed by atoms with E-state index in [9.17, 15) is 0 Å². The minimum Gasteiger partial charge on any atom is -0.370 e. The predicted molar refractivity (Wildman–Crippen MR) is 159 cm³/mol. The molecule has 0 aliphatic heterocycles. The largest absolute Gasteiger partial charge is 0.370 e. The number of hydrogen-bond acceptors (Lipinski definition) is 6. The second-order valence-corrected chi connectivity index (χ2v) is 23.1. The maximum absolute atomic E-state index is 5.91. The summed E-state index contributed by atoms with van der Waals surface area (Å²) in [6.07, 6.45) is 9.23. The van der Waals surface area contributed by atoms with E-state index in [-0.39, 0.29) is 11.9 Å². The van der Waals surface area contributed by atoms with E-state index in [0.29, 0.717) is 19.5 Å². The number of guanidine groups is 2. The molecule has 204 valence electrons. The Hall–Kier alpha value is -1.51. The number of aromatic nitrogens is 2. The van der Waals surface area contributed by atoms with Crippen LogP contribution >= 0.6 is 22.6 Å². The number of nitrogens with two attached hydrogens (primary N) is 4. The quantitative estimate of drug-likeness (QED) is 0.0877. The van der Waals surface area contributed by atoms with Crippen LogP contribution in [0.4, 0.5) is 0 Å². The molecule has 0 aliphatic carbocycles. The minimum absolute atomic E-state index is 0.105. The molecule has 8 N–H and O–H groups in total. The predicted octanol–water partition coefficient (Wildman–Crippen LogP) is 3.64. The van der Waals surface area contributed by atoms with Crippen molar-refractivity contribution in [3.05, 3.63) is 27.3 Å². The number of aliphatic imine (C=N–C) groups is 2. The first-order chi connectivity index (χ1) is 17.3. The van der Waals surface area contributed by atoms with Gasteiger partial charge in [-0.05, 0) is 0 Å². The molecule has 0 unspecified atom stereocenters. The van der Waals surface area contributed by atoms with Crippen molar-refractivity contribution in [3.8, 4) is 0 Å². The molecule has 0 amide bonds. The number of unbranched alkanes of at least 4 members (excludes halogenated alkanes) is 3. The van der Waals surface area contributed by atoms with Crippen LogP contribution in [0.3, 0.4) is 0 Å². The molecule has 36 heavy (non-hydrogen) atoms. The van der Waals surface area contributed by atoms with Crippen LogP contribution in [0.25, 0.3) is 0 Å². The van der Waals surface area contributed by atoms with Crippen LogP contribution in [0.15, 0.2) is 31.2 Å². The summed E-state index contributed by atoms with van der Waals surface area (Å²) in [5.74, 6) is 0.245. The van der Waals surface area contributed by atoms with Crippen molar-refractivity contribution in [2.24, 2.45) is 32.9 Å².